The van der Waals surface area contributed by atoms with Crippen molar-refractivity contribution in [2.45, 2.75) is 32.7 Å². The lowest BCUT2D eigenvalue weighted by Crippen LogP contribution is -2.23. The van der Waals surface area contributed by atoms with Crippen LogP contribution in [0.3, 0.4) is 0 Å². The van der Waals surface area contributed by atoms with E-state index in [0.29, 0.717) is 13.0 Å². The number of carbonyl (C=O) groups excluding carboxylic acids is 2. The van der Waals surface area contributed by atoms with Crippen molar-refractivity contribution in [1.29, 1.82) is 0 Å². The van der Waals surface area contributed by atoms with Crippen molar-refractivity contribution < 1.29 is 19.1 Å². The molecule has 0 saturated heterocycles. The topological polar surface area (TPSA) is 65.0 Å². The summed E-state index contributed by atoms with van der Waals surface area (Å²) in [6, 6.07) is -0.649. The summed E-state index contributed by atoms with van der Waals surface area (Å²) >= 11 is 0. The summed E-state index contributed by atoms with van der Waals surface area (Å²) in [7, 11) is 0. The largest absolute Gasteiger partial charge is 0.466 e. The lowest BCUT2D eigenvalue weighted by atomic mass is 10.1. The van der Waals surface area contributed by atoms with E-state index in [2.05, 4.69) is 11.6 Å². The average molecular weight is 241 g/mol. The second-order valence-corrected chi connectivity index (χ2v) is 3.19. The number of esters is 2. The standard InChI is InChI=1S/C12H19NO4/c1-4-9-17-12(15)10(13-5-2)7-8-11(14)16-6-3/h4-5,10H,1,6-9H2,2-3H3. The van der Waals surface area contributed by atoms with Crippen LogP contribution in [0.15, 0.2) is 17.6 Å². The van der Waals surface area contributed by atoms with Gasteiger partial charge in [0.1, 0.15) is 12.6 Å². The SMILES string of the molecule is C=CCOC(=O)C(CCC(=O)OCC)N=CC. The Morgan fingerprint density at radius 1 is 1.41 bits per heavy atom. The zero-order chi connectivity index (χ0) is 13.1. The molecular weight excluding hydrogens is 222 g/mol. The fraction of sp³-hybridized carbons (Fsp3) is 0.583. The summed E-state index contributed by atoms with van der Waals surface area (Å²) in [4.78, 5) is 26.6. The van der Waals surface area contributed by atoms with Gasteiger partial charge in [0, 0.05) is 6.42 Å². The Bertz CT molecular complexity index is 286. The van der Waals surface area contributed by atoms with Crippen LogP contribution in [0.4, 0.5) is 0 Å². The predicted octanol–water partition coefficient (Wildman–Crippen LogP) is 1.52. The smallest absolute Gasteiger partial charge is 0.331 e. The van der Waals surface area contributed by atoms with Crippen LogP contribution in [-0.4, -0.2) is 37.4 Å². The van der Waals surface area contributed by atoms with Crippen molar-refractivity contribution in [2.75, 3.05) is 13.2 Å². The molecule has 5 heteroatoms. The van der Waals surface area contributed by atoms with E-state index in [0.717, 1.165) is 0 Å². The van der Waals surface area contributed by atoms with E-state index < -0.39 is 12.0 Å². The molecule has 0 radical (unpaired) electrons. The maximum Gasteiger partial charge on any atom is 0.331 e. The van der Waals surface area contributed by atoms with Gasteiger partial charge in [-0.25, -0.2) is 4.79 Å². The van der Waals surface area contributed by atoms with Crippen LogP contribution in [0, 0.1) is 0 Å². The highest BCUT2D eigenvalue weighted by Gasteiger charge is 2.19. The monoisotopic (exact) mass is 241 g/mol. The van der Waals surface area contributed by atoms with Crippen LogP contribution in [-0.2, 0) is 19.1 Å². The van der Waals surface area contributed by atoms with Gasteiger partial charge in [0.25, 0.3) is 0 Å². The molecule has 17 heavy (non-hydrogen) atoms. The second kappa shape index (κ2) is 9.57. The fourth-order valence-electron chi connectivity index (χ4n) is 1.16. The molecule has 0 rings (SSSR count). The van der Waals surface area contributed by atoms with Gasteiger partial charge in [-0.2, -0.15) is 0 Å². The molecule has 0 aliphatic heterocycles. The van der Waals surface area contributed by atoms with E-state index in [1.54, 1.807) is 13.8 Å². The first kappa shape index (κ1) is 15.3. The first-order chi connectivity index (χ1) is 8.15. The van der Waals surface area contributed by atoms with E-state index in [-0.39, 0.29) is 19.0 Å². The van der Waals surface area contributed by atoms with Crippen LogP contribution < -0.4 is 0 Å². The lowest BCUT2D eigenvalue weighted by molar-refractivity contribution is -0.145. The van der Waals surface area contributed by atoms with E-state index in [1.807, 2.05) is 0 Å². The second-order valence-electron chi connectivity index (χ2n) is 3.19. The Morgan fingerprint density at radius 3 is 2.65 bits per heavy atom. The summed E-state index contributed by atoms with van der Waals surface area (Å²) in [5, 5.41) is 0. The van der Waals surface area contributed by atoms with Crippen molar-refractivity contribution in [3.8, 4) is 0 Å². The van der Waals surface area contributed by atoms with Crippen LogP contribution >= 0.6 is 0 Å². The quantitative estimate of drug-likeness (QED) is 0.367. The zero-order valence-electron chi connectivity index (χ0n) is 10.3. The summed E-state index contributed by atoms with van der Waals surface area (Å²) < 4.78 is 9.65. The Kier molecular flexibility index (Phi) is 8.64. The average Bonchev–Trinajstić information content (AvgIpc) is 2.31. The van der Waals surface area contributed by atoms with Gasteiger partial charge in [0.15, 0.2) is 0 Å². The fourth-order valence-corrected chi connectivity index (χ4v) is 1.16. The third-order valence-electron chi connectivity index (χ3n) is 1.87. The van der Waals surface area contributed by atoms with Crippen molar-refractivity contribution in [3.05, 3.63) is 12.7 Å². The molecule has 0 aromatic heterocycles. The summed E-state index contributed by atoms with van der Waals surface area (Å²) in [6.45, 7) is 7.37. The molecule has 0 aromatic rings. The Morgan fingerprint density at radius 2 is 2.12 bits per heavy atom. The van der Waals surface area contributed by atoms with E-state index in [9.17, 15) is 9.59 Å². The maximum absolute atomic E-state index is 11.5. The highest BCUT2D eigenvalue weighted by molar-refractivity contribution is 5.79. The van der Waals surface area contributed by atoms with Crippen molar-refractivity contribution >= 4 is 18.2 Å². The summed E-state index contributed by atoms with van der Waals surface area (Å²) in [6.07, 6.45) is 3.44. The number of carbonyl (C=O) groups is 2. The number of hydrogen-bond donors (Lipinski definition) is 0. The molecule has 96 valence electrons. The van der Waals surface area contributed by atoms with E-state index in [1.165, 1.54) is 12.3 Å². The third kappa shape index (κ3) is 7.27. The van der Waals surface area contributed by atoms with Crippen LogP contribution in [0.5, 0.6) is 0 Å². The van der Waals surface area contributed by atoms with Gasteiger partial charge in [-0.15, -0.1) is 0 Å². The molecule has 0 fully saturated rings. The van der Waals surface area contributed by atoms with Gasteiger partial charge in [-0.1, -0.05) is 12.7 Å². The number of ether oxygens (including phenoxy) is 2. The van der Waals surface area contributed by atoms with Crippen LogP contribution in [0.1, 0.15) is 26.7 Å². The van der Waals surface area contributed by atoms with Gasteiger partial charge < -0.3 is 9.47 Å². The minimum Gasteiger partial charge on any atom is -0.466 e. The number of nitrogens with zero attached hydrogens (tertiary/aromatic N) is 1. The molecule has 0 saturated carbocycles. The molecule has 5 nitrogen and oxygen atoms in total. The molecular formula is C12H19NO4. The Hall–Kier alpha value is -1.65. The number of rotatable bonds is 8. The summed E-state index contributed by atoms with van der Waals surface area (Å²) in [5.41, 5.74) is 0. The predicted molar refractivity (Wildman–Crippen MR) is 65.0 cm³/mol. The first-order valence-corrected chi connectivity index (χ1v) is 5.56. The number of hydrogen-bond acceptors (Lipinski definition) is 5. The molecule has 0 bridgehead atoms. The number of aliphatic imine (C=N–C) groups is 1. The minimum atomic E-state index is -0.649. The minimum absolute atomic E-state index is 0.147. The molecule has 0 heterocycles. The van der Waals surface area contributed by atoms with Crippen LogP contribution in [0.2, 0.25) is 0 Å². The molecule has 0 spiro atoms. The highest BCUT2D eigenvalue weighted by atomic mass is 16.5. The maximum atomic E-state index is 11.5. The zero-order valence-corrected chi connectivity index (χ0v) is 10.3. The summed E-state index contributed by atoms with van der Waals surface area (Å²) in [5.74, 6) is -0.785. The normalized spacial score (nSPS) is 12.1. The van der Waals surface area contributed by atoms with Crippen molar-refractivity contribution in [3.63, 3.8) is 0 Å². The lowest BCUT2D eigenvalue weighted by Gasteiger charge is -2.10. The van der Waals surface area contributed by atoms with Gasteiger partial charge >= 0.3 is 11.9 Å². The van der Waals surface area contributed by atoms with Gasteiger partial charge in [0.05, 0.1) is 6.61 Å². The van der Waals surface area contributed by atoms with Crippen molar-refractivity contribution in [2.24, 2.45) is 4.99 Å². The molecule has 0 aliphatic rings. The first-order valence-electron chi connectivity index (χ1n) is 5.56. The molecule has 0 aromatic carbocycles. The van der Waals surface area contributed by atoms with E-state index in [4.69, 9.17) is 9.47 Å². The van der Waals surface area contributed by atoms with Crippen LogP contribution in [0.25, 0.3) is 0 Å². The molecule has 1 atom stereocenters. The Balaban J connectivity index is 4.18. The molecule has 0 aliphatic carbocycles. The molecule has 1 unspecified atom stereocenters. The van der Waals surface area contributed by atoms with Crippen molar-refractivity contribution in [1.82, 2.24) is 0 Å². The highest BCUT2D eigenvalue weighted by Crippen LogP contribution is 2.06. The van der Waals surface area contributed by atoms with Gasteiger partial charge in [0.2, 0.25) is 0 Å². The molecule has 0 amide bonds. The van der Waals surface area contributed by atoms with E-state index >= 15 is 0 Å². The Labute approximate surface area is 102 Å². The third-order valence-corrected chi connectivity index (χ3v) is 1.87. The van der Waals surface area contributed by atoms with Gasteiger partial charge in [-0.05, 0) is 26.5 Å². The molecule has 0 N–H and O–H groups in total. The van der Waals surface area contributed by atoms with Gasteiger partial charge in [-0.3, -0.25) is 9.79 Å².